The van der Waals surface area contributed by atoms with Gasteiger partial charge in [0.15, 0.2) is 0 Å². The van der Waals surface area contributed by atoms with Crippen LogP contribution in [0.4, 0.5) is 6.01 Å². The Morgan fingerprint density at radius 3 is 2.62 bits per heavy atom. The lowest BCUT2D eigenvalue weighted by atomic mass is 10.8. The first kappa shape index (κ1) is 5.80. The van der Waals surface area contributed by atoms with Crippen LogP contribution in [0.3, 0.4) is 0 Å². The summed E-state index contributed by atoms with van der Waals surface area (Å²) in [6, 6.07) is 0.447. The summed E-state index contributed by atoms with van der Waals surface area (Å²) in [5.74, 6) is 0.573. The number of hydrogen-bond acceptors (Lipinski definition) is 4. The largest absolute Gasteiger partial charge is 0.408 e. The molecule has 1 aromatic rings. The average molecular weight is 225 g/mol. The highest BCUT2D eigenvalue weighted by Crippen LogP contribution is 2.04. The fraction of sp³-hybridized carbons (Fsp3) is 0.333. The molecule has 4 nitrogen and oxygen atoms in total. The van der Waals surface area contributed by atoms with E-state index in [0.29, 0.717) is 11.9 Å². The minimum Gasteiger partial charge on any atom is -0.408 e. The van der Waals surface area contributed by atoms with Gasteiger partial charge in [0.2, 0.25) is 5.89 Å². The van der Waals surface area contributed by atoms with Gasteiger partial charge in [0.05, 0.1) is 22.9 Å². The number of nitrogens with zero attached hydrogens (tertiary/aromatic N) is 2. The highest BCUT2D eigenvalue weighted by atomic mass is 127. The molecule has 1 rings (SSSR count). The first-order valence-electron chi connectivity index (χ1n) is 1.99. The van der Waals surface area contributed by atoms with Crippen LogP contribution < -0.4 is 3.53 Å². The minimum atomic E-state index is 0.447. The van der Waals surface area contributed by atoms with Crippen LogP contribution in [0, 0.1) is 6.92 Å². The molecule has 1 heterocycles. The highest BCUT2D eigenvalue weighted by molar-refractivity contribution is 14.1. The SMILES string of the molecule is Cc1nnc(NI)o1. The Labute approximate surface area is 60.2 Å². The lowest BCUT2D eigenvalue weighted by Crippen LogP contribution is -1.75. The molecule has 0 aliphatic carbocycles. The Morgan fingerprint density at radius 1 is 1.62 bits per heavy atom. The van der Waals surface area contributed by atoms with E-state index in [1.165, 1.54) is 0 Å². The molecule has 1 aromatic heterocycles. The van der Waals surface area contributed by atoms with E-state index in [-0.39, 0.29) is 0 Å². The topological polar surface area (TPSA) is 51.0 Å². The lowest BCUT2D eigenvalue weighted by Gasteiger charge is -1.80. The summed E-state index contributed by atoms with van der Waals surface area (Å²) in [6.07, 6.45) is 0. The van der Waals surface area contributed by atoms with Gasteiger partial charge in [-0.05, 0) is 0 Å². The molecule has 0 fully saturated rings. The molecule has 0 aliphatic rings. The smallest absolute Gasteiger partial charge is 0.324 e. The quantitative estimate of drug-likeness (QED) is 0.575. The van der Waals surface area contributed by atoms with Crippen molar-refractivity contribution in [1.29, 1.82) is 0 Å². The van der Waals surface area contributed by atoms with Gasteiger partial charge in [-0.2, -0.15) is 0 Å². The maximum absolute atomic E-state index is 4.89. The molecule has 8 heavy (non-hydrogen) atoms. The fourth-order valence-corrected chi connectivity index (χ4v) is 0.553. The van der Waals surface area contributed by atoms with Gasteiger partial charge in [-0.3, -0.25) is 3.53 Å². The van der Waals surface area contributed by atoms with E-state index in [1.807, 2.05) is 22.9 Å². The molecule has 0 bridgehead atoms. The summed E-state index contributed by atoms with van der Waals surface area (Å²) in [7, 11) is 0. The maximum Gasteiger partial charge on any atom is 0.324 e. The van der Waals surface area contributed by atoms with Crippen molar-refractivity contribution in [1.82, 2.24) is 10.2 Å². The van der Waals surface area contributed by atoms with Crippen molar-refractivity contribution in [2.45, 2.75) is 6.92 Å². The number of halogens is 1. The number of anilines is 1. The van der Waals surface area contributed by atoms with Crippen molar-refractivity contribution in [3.63, 3.8) is 0 Å². The molecule has 0 saturated carbocycles. The summed E-state index contributed by atoms with van der Waals surface area (Å²) >= 11 is 1.92. The second-order valence-electron chi connectivity index (χ2n) is 1.22. The van der Waals surface area contributed by atoms with Gasteiger partial charge in [-0.15, -0.1) is 5.10 Å². The fourth-order valence-electron chi connectivity index (χ4n) is 0.335. The van der Waals surface area contributed by atoms with Crippen molar-refractivity contribution >= 4 is 28.9 Å². The zero-order valence-electron chi connectivity index (χ0n) is 4.18. The van der Waals surface area contributed by atoms with E-state index in [2.05, 4.69) is 13.7 Å². The first-order valence-corrected chi connectivity index (χ1v) is 3.07. The molecule has 0 unspecified atom stereocenters. The first-order chi connectivity index (χ1) is 3.83. The molecule has 0 atom stereocenters. The van der Waals surface area contributed by atoms with E-state index >= 15 is 0 Å². The molecule has 0 aliphatic heterocycles. The van der Waals surface area contributed by atoms with E-state index in [1.54, 1.807) is 6.92 Å². The van der Waals surface area contributed by atoms with Crippen molar-refractivity contribution in [3.8, 4) is 0 Å². The highest BCUT2D eigenvalue weighted by Gasteiger charge is 1.95. The second-order valence-corrected chi connectivity index (χ2v) is 1.76. The molecular formula is C3H4IN3O. The number of hydrogen-bond donors (Lipinski definition) is 1. The number of nitrogens with one attached hydrogen (secondary N) is 1. The molecule has 44 valence electrons. The van der Waals surface area contributed by atoms with Crippen molar-refractivity contribution in [3.05, 3.63) is 5.89 Å². The summed E-state index contributed by atoms with van der Waals surface area (Å²) in [5.41, 5.74) is 0. The predicted molar refractivity (Wildman–Crippen MR) is 36.7 cm³/mol. The van der Waals surface area contributed by atoms with Crippen LogP contribution in [-0.2, 0) is 0 Å². The van der Waals surface area contributed by atoms with Crippen LogP contribution in [0.15, 0.2) is 4.42 Å². The molecular weight excluding hydrogens is 221 g/mol. The Balaban J connectivity index is 2.84. The van der Waals surface area contributed by atoms with Crippen LogP contribution in [0.1, 0.15) is 5.89 Å². The van der Waals surface area contributed by atoms with Gasteiger partial charge in [0.25, 0.3) is 0 Å². The van der Waals surface area contributed by atoms with Crippen LogP contribution in [0.25, 0.3) is 0 Å². The molecule has 0 aromatic carbocycles. The van der Waals surface area contributed by atoms with Gasteiger partial charge in [-0.25, -0.2) is 0 Å². The second kappa shape index (κ2) is 2.29. The van der Waals surface area contributed by atoms with Crippen LogP contribution >= 0.6 is 22.9 Å². The maximum atomic E-state index is 4.89. The summed E-state index contributed by atoms with van der Waals surface area (Å²) in [4.78, 5) is 0. The van der Waals surface area contributed by atoms with Crippen molar-refractivity contribution in [2.24, 2.45) is 0 Å². The van der Waals surface area contributed by atoms with Crippen LogP contribution in [0.2, 0.25) is 0 Å². The summed E-state index contributed by atoms with van der Waals surface area (Å²) in [6.45, 7) is 1.74. The minimum absolute atomic E-state index is 0.447. The molecule has 0 radical (unpaired) electrons. The van der Waals surface area contributed by atoms with Gasteiger partial charge >= 0.3 is 6.01 Å². The van der Waals surface area contributed by atoms with Crippen molar-refractivity contribution < 1.29 is 4.42 Å². The lowest BCUT2D eigenvalue weighted by molar-refractivity contribution is 0.538. The normalized spacial score (nSPS) is 9.25. The number of rotatable bonds is 1. The third-order valence-corrected chi connectivity index (χ3v) is 1.07. The average Bonchev–Trinajstić information content (AvgIpc) is 2.14. The Kier molecular flexibility index (Phi) is 1.66. The van der Waals surface area contributed by atoms with E-state index in [4.69, 9.17) is 4.42 Å². The van der Waals surface area contributed by atoms with Gasteiger partial charge in [0.1, 0.15) is 0 Å². The van der Waals surface area contributed by atoms with Gasteiger partial charge < -0.3 is 4.42 Å². The van der Waals surface area contributed by atoms with E-state index < -0.39 is 0 Å². The Morgan fingerprint density at radius 2 is 2.38 bits per heavy atom. The van der Waals surface area contributed by atoms with E-state index in [0.717, 1.165) is 0 Å². The van der Waals surface area contributed by atoms with Gasteiger partial charge in [0, 0.05) is 6.92 Å². The predicted octanol–water partition coefficient (Wildman–Crippen LogP) is 1.14. The molecule has 5 heteroatoms. The molecule has 1 N–H and O–H groups in total. The van der Waals surface area contributed by atoms with Gasteiger partial charge in [-0.1, -0.05) is 5.10 Å². The Hall–Kier alpha value is -0.330. The summed E-state index contributed by atoms with van der Waals surface area (Å²) in [5, 5.41) is 7.20. The van der Waals surface area contributed by atoms with Crippen LogP contribution in [-0.4, -0.2) is 10.2 Å². The van der Waals surface area contributed by atoms with Crippen molar-refractivity contribution in [2.75, 3.05) is 3.53 Å². The third kappa shape index (κ3) is 1.09. The molecule has 0 amide bonds. The molecule has 0 spiro atoms. The zero-order chi connectivity index (χ0) is 5.98. The monoisotopic (exact) mass is 225 g/mol. The third-order valence-electron chi connectivity index (χ3n) is 0.607. The number of aryl methyl sites for hydroxylation is 1. The standard InChI is InChI=1S/C3H4IN3O/c1-2-6-7-3(5-4)8-2/h1H3,(H,5,7). The summed E-state index contributed by atoms with van der Waals surface area (Å²) < 4.78 is 7.57. The van der Waals surface area contributed by atoms with Crippen LogP contribution in [0.5, 0.6) is 0 Å². The Bertz CT molecular complexity index is 175. The number of aromatic nitrogens is 2. The molecule has 0 saturated heterocycles. The van der Waals surface area contributed by atoms with E-state index in [9.17, 15) is 0 Å². The zero-order valence-corrected chi connectivity index (χ0v) is 6.34.